The minimum absolute atomic E-state index is 0.0193. The zero-order valence-corrected chi connectivity index (χ0v) is 13.5. The van der Waals surface area contributed by atoms with Gasteiger partial charge in [-0.05, 0) is 60.8 Å². The fraction of sp³-hybridized carbons (Fsp3) is 0.462. The van der Waals surface area contributed by atoms with Gasteiger partial charge in [-0.3, -0.25) is 0 Å². The summed E-state index contributed by atoms with van der Waals surface area (Å²) >= 11 is 3.08. The minimum atomic E-state index is -3.86. The smallest absolute Gasteiger partial charge is 0.207 e. The van der Waals surface area contributed by atoms with Crippen molar-refractivity contribution in [2.75, 3.05) is 0 Å². The summed E-state index contributed by atoms with van der Waals surface area (Å²) in [5.74, 6) is -0.520. The molecule has 0 amide bonds. The van der Waals surface area contributed by atoms with Gasteiger partial charge < -0.3 is 0 Å². The lowest BCUT2D eigenvalue weighted by molar-refractivity contribution is 0.280. The average molecular weight is 361 g/mol. The Bertz CT molecular complexity index is 678. The molecule has 1 fully saturated rings. The van der Waals surface area contributed by atoms with Gasteiger partial charge in [0.15, 0.2) is 0 Å². The van der Waals surface area contributed by atoms with Crippen LogP contribution in [-0.2, 0) is 10.0 Å². The number of hydrogen-bond donors (Lipinski definition) is 0. The first-order valence-electron chi connectivity index (χ1n) is 6.11. The van der Waals surface area contributed by atoms with Crippen LogP contribution in [0.5, 0.6) is 0 Å². The van der Waals surface area contributed by atoms with Gasteiger partial charge in [0.2, 0.25) is 10.0 Å². The summed E-state index contributed by atoms with van der Waals surface area (Å²) in [4.78, 5) is -0.0193. The molecule has 108 valence electrons. The number of benzene rings is 1. The van der Waals surface area contributed by atoms with Crippen molar-refractivity contribution in [1.29, 1.82) is 5.26 Å². The van der Waals surface area contributed by atoms with Crippen molar-refractivity contribution < 1.29 is 12.8 Å². The van der Waals surface area contributed by atoms with E-state index in [1.54, 1.807) is 13.8 Å². The second-order valence-electron chi connectivity index (χ2n) is 5.28. The maximum atomic E-state index is 13.1. The number of halogens is 2. The normalized spacial score (nSPS) is 16.2. The Balaban J connectivity index is 2.55. The van der Waals surface area contributed by atoms with Crippen LogP contribution >= 0.6 is 15.9 Å². The SMILES string of the molecule is CC(C)(C#N)N(C1CC1)S(=O)(=O)c1ccc(F)cc1Br. The Morgan fingerprint density at radius 3 is 2.50 bits per heavy atom. The van der Waals surface area contributed by atoms with Gasteiger partial charge in [0.1, 0.15) is 11.4 Å². The van der Waals surface area contributed by atoms with Crippen LogP contribution < -0.4 is 0 Å². The molecule has 1 aromatic carbocycles. The van der Waals surface area contributed by atoms with Crippen molar-refractivity contribution in [3.63, 3.8) is 0 Å². The van der Waals surface area contributed by atoms with Crippen molar-refractivity contribution >= 4 is 26.0 Å². The molecular weight excluding hydrogens is 347 g/mol. The molecule has 0 N–H and O–H groups in total. The van der Waals surface area contributed by atoms with E-state index < -0.39 is 21.4 Å². The monoisotopic (exact) mass is 360 g/mol. The van der Waals surface area contributed by atoms with Crippen LogP contribution in [0, 0.1) is 17.1 Å². The first kappa shape index (κ1) is 15.4. The Kier molecular flexibility index (Phi) is 3.93. The number of nitriles is 1. The second-order valence-corrected chi connectivity index (χ2v) is 7.92. The van der Waals surface area contributed by atoms with Crippen LogP contribution in [0.1, 0.15) is 26.7 Å². The van der Waals surface area contributed by atoms with E-state index in [1.807, 2.05) is 6.07 Å². The summed E-state index contributed by atoms with van der Waals surface area (Å²) in [5, 5.41) is 9.24. The molecule has 2 rings (SSSR count). The van der Waals surface area contributed by atoms with Crippen molar-refractivity contribution in [2.24, 2.45) is 0 Å². The van der Waals surface area contributed by atoms with Gasteiger partial charge in [0, 0.05) is 10.5 Å². The standard InChI is InChI=1S/C13H14BrFN2O2S/c1-13(2,8-16)17(10-4-5-10)20(18,19)12-6-3-9(15)7-11(12)14/h3,6-7,10H,4-5H2,1-2H3. The number of rotatable bonds is 4. The van der Waals surface area contributed by atoms with E-state index in [0.29, 0.717) is 0 Å². The lowest BCUT2D eigenvalue weighted by Gasteiger charge is -2.32. The molecule has 1 aliphatic carbocycles. The third-order valence-corrected chi connectivity index (χ3v) is 6.24. The molecule has 20 heavy (non-hydrogen) atoms. The van der Waals surface area contributed by atoms with Crippen molar-refractivity contribution in [2.45, 2.75) is 43.2 Å². The maximum absolute atomic E-state index is 13.1. The lowest BCUT2D eigenvalue weighted by atomic mass is 10.1. The molecule has 1 aromatic rings. The Hall–Kier alpha value is -0.970. The fourth-order valence-electron chi connectivity index (χ4n) is 2.10. The summed E-state index contributed by atoms with van der Waals surface area (Å²) < 4.78 is 40.1. The zero-order valence-electron chi connectivity index (χ0n) is 11.1. The summed E-state index contributed by atoms with van der Waals surface area (Å²) in [7, 11) is -3.86. The van der Waals surface area contributed by atoms with Gasteiger partial charge in [-0.15, -0.1) is 0 Å². The number of sulfonamides is 1. The van der Waals surface area contributed by atoms with Gasteiger partial charge in [-0.1, -0.05) is 0 Å². The third-order valence-electron chi connectivity index (χ3n) is 3.13. The highest BCUT2D eigenvalue weighted by Gasteiger charge is 2.47. The molecule has 0 atom stereocenters. The molecule has 0 unspecified atom stereocenters. The quantitative estimate of drug-likeness (QED) is 0.828. The number of nitrogens with zero attached hydrogens (tertiary/aromatic N) is 2. The summed E-state index contributed by atoms with van der Waals surface area (Å²) in [6.07, 6.45) is 1.48. The van der Waals surface area contributed by atoms with Crippen LogP contribution in [-0.4, -0.2) is 24.3 Å². The van der Waals surface area contributed by atoms with Crippen molar-refractivity contribution in [3.05, 3.63) is 28.5 Å². The molecule has 0 spiro atoms. The Labute approximate surface area is 126 Å². The summed E-state index contributed by atoms with van der Waals surface area (Å²) in [6, 6.07) is 5.29. The van der Waals surface area contributed by atoms with Gasteiger partial charge in [-0.25, -0.2) is 12.8 Å². The largest absolute Gasteiger partial charge is 0.245 e. The van der Waals surface area contributed by atoms with Crippen molar-refractivity contribution in [1.82, 2.24) is 4.31 Å². The molecule has 1 aliphatic rings. The highest BCUT2D eigenvalue weighted by Crippen LogP contribution is 2.39. The van der Waals surface area contributed by atoms with Crippen LogP contribution in [0.4, 0.5) is 4.39 Å². The molecule has 0 bridgehead atoms. The van der Waals surface area contributed by atoms with E-state index in [4.69, 9.17) is 0 Å². The topological polar surface area (TPSA) is 61.2 Å². The summed E-state index contributed by atoms with van der Waals surface area (Å²) in [5.41, 5.74) is -1.15. The van der Waals surface area contributed by atoms with Crippen molar-refractivity contribution in [3.8, 4) is 6.07 Å². The number of hydrogen-bond acceptors (Lipinski definition) is 3. The van der Waals surface area contributed by atoms with Crippen LogP contribution in [0.25, 0.3) is 0 Å². The van der Waals surface area contributed by atoms with E-state index in [0.717, 1.165) is 25.0 Å². The Morgan fingerprint density at radius 1 is 1.45 bits per heavy atom. The first-order valence-corrected chi connectivity index (χ1v) is 8.34. The molecule has 1 saturated carbocycles. The summed E-state index contributed by atoms with van der Waals surface area (Å²) in [6.45, 7) is 3.14. The average Bonchev–Trinajstić information content (AvgIpc) is 3.12. The van der Waals surface area contributed by atoms with E-state index >= 15 is 0 Å². The highest BCUT2D eigenvalue weighted by atomic mass is 79.9. The van der Waals surface area contributed by atoms with E-state index in [2.05, 4.69) is 15.9 Å². The van der Waals surface area contributed by atoms with E-state index in [1.165, 1.54) is 10.4 Å². The fourth-order valence-corrected chi connectivity index (χ4v) is 5.07. The molecule has 0 saturated heterocycles. The molecule has 7 heteroatoms. The predicted octanol–water partition coefficient (Wildman–Crippen LogP) is 3.04. The molecule has 0 heterocycles. The third kappa shape index (κ3) is 2.73. The van der Waals surface area contributed by atoms with E-state index in [-0.39, 0.29) is 15.4 Å². The molecule has 4 nitrogen and oxygen atoms in total. The van der Waals surface area contributed by atoms with Crippen LogP contribution in [0.3, 0.4) is 0 Å². The highest BCUT2D eigenvalue weighted by molar-refractivity contribution is 9.10. The predicted molar refractivity (Wildman–Crippen MR) is 75.8 cm³/mol. The lowest BCUT2D eigenvalue weighted by Crippen LogP contribution is -2.48. The molecule has 0 radical (unpaired) electrons. The van der Waals surface area contributed by atoms with Gasteiger partial charge >= 0.3 is 0 Å². The first-order chi connectivity index (χ1) is 9.20. The minimum Gasteiger partial charge on any atom is -0.207 e. The Morgan fingerprint density at radius 2 is 2.05 bits per heavy atom. The molecule has 0 aromatic heterocycles. The van der Waals surface area contributed by atoms with Gasteiger partial charge in [-0.2, -0.15) is 9.57 Å². The molecule has 0 aliphatic heterocycles. The van der Waals surface area contributed by atoms with Crippen LogP contribution in [0.15, 0.2) is 27.6 Å². The maximum Gasteiger partial charge on any atom is 0.245 e. The second kappa shape index (κ2) is 5.10. The van der Waals surface area contributed by atoms with Gasteiger partial charge in [0.05, 0.1) is 11.0 Å². The van der Waals surface area contributed by atoms with Gasteiger partial charge in [0.25, 0.3) is 0 Å². The molecular formula is C13H14BrFN2O2S. The zero-order chi connectivity index (χ0) is 15.1. The van der Waals surface area contributed by atoms with E-state index in [9.17, 15) is 18.1 Å². The van der Waals surface area contributed by atoms with Crippen LogP contribution in [0.2, 0.25) is 0 Å².